The van der Waals surface area contributed by atoms with Gasteiger partial charge in [0.25, 0.3) is 5.91 Å². The summed E-state index contributed by atoms with van der Waals surface area (Å²) < 4.78 is 39.9. The minimum atomic E-state index is -2.90. The summed E-state index contributed by atoms with van der Waals surface area (Å²) in [6, 6.07) is 16.3. The van der Waals surface area contributed by atoms with E-state index < -0.39 is 6.61 Å². The lowest BCUT2D eigenvalue weighted by atomic mass is 10.2. The molecular formula is C19H15F2NO4. The fourth-order valence-corrected chi connectivity index (χ4v) is 2.23. The SMILES string of the molecule is O=C(Nc1ccc(OCc2ccccc2OC(F)F)cc1)c1ccco1. The van der Waals surface area contributed by atoms with E-state index in [4.69, 9.17) is 9.15 Å². The average Bonchev–Trinajstić information content (AvgIpc) is 3.16. The maximum atomic E-state index is 12.4. The number of halogens is 2. The van der Waals surface area contributed by atoms with E-state index in [0.29, 0.717) is 17.0 Å². The quantitative estimate of drug-likeness (QED) is 0.664. The number of amides is 1. The molecule has 0 atom stereocenters. The predicted molar refractivity (Wildman–Crippen MR) is 90.5 cm³/mol. The monoisotopic (exact) mass is 359 g/mol. The predicted octanol–water partition coefficient (Wildman–Crippen LogP) is 4.71. The molecule has 2 aromatic carbocycles. The molecule has 3 aromatic rings. The van der Waals surface area contributed by atoms with Crippen LogP contribution in [-0.2, 0) is 6.61 Å². The van der Waals surface area contributed by atoms with E-state index in [1.54, 1.807) is 54.6 Å². The standard InChI is InChI=1S/C19H15F2NO4/c20-19(21)26-16-5-2-1-4-13(16)12-25-15-9-7-14(8-10-15)22-18(23)17-6-3-11-24-17/h1-11,19H,12H2,(H,22,23). The lowest BCUT2D eigenvalue weighted by molar-refractivity contribution is -0.0508. The van der Waals surface area contributed by atoms with Crippen LogP contribution < -0.4 is 14.8 Å². The molecule has 0 saturated carbocycles. The molecule has 0 bridgehead atoms. The van der Waals surface area contributed by atoms with Gasteiger partial charge in [-0.05, 0) is 42.5 Å². The molecule has 0 saturated heterocycles. The van der Waals surface area contributed by atoms with Crippen molar-refractivity contribution in [3.63, 3.8) is 0 Å². The van der Waals surface area contributed by atoms with Crippen LogP contribution in [0.1, 0.15) is 16.1 Å². The Morgan fingerprint density at radius 1 is 1.04 bits per heavy atom. The second-order valence-corrected chi connectivity index (χ2v) is 5.23. The van der Waals surface area contributed by atoms with E-state index in [9.17, 15) is 13.6 Å². The summed E-state index contributed by atoms with van der Waals surface area (Å²) in [5.41, 5.74) is 1.07. The number of benzene rings is 2. The van der Waals surface area contributed by atoms with Gasteiger partial charge in [0, 0.05) is 11.3 Å². The van der Waals surface area contributed by atoms with Crippen LogP contribution in [0.15, 0.2) is 71.3 Å². The van der Waals surface area contributed by atoms with Crippen molar-refractivity contribution in [2.75, 3.05) is 5.32 Å². The van der Waals surface area contributed by atoms with Crippen molar-refractivity contribution in [3.05, 3.63) is 78.3 Å². The molecule has 5 nitrogen and oxygen atoms in total. The molecule has 0 aliphatic carbocycles. The highest BCUT2D eigenvalue weighted by Crippen LogP contribution is 2.23. The molecule has 1 amide bonds. The molecule has 1 N–H and O–H groups in total. The van der Waals surface area contributed by atoms with Crippen LogP contribution in [0.2, 0.25) is 0 Å². The number of hydrogen-bond donors (Lipinski definition) is 1. The van der Waals surface area contributed by atoms with E-state index >= 15 is 0 Å². The van der Waals surface area contributed by atoms with Gasteiger partial charge in [-0.1, -0.05) is 18.2 Å². The van der Waals surface area contributed by atoms with Crippen molar-refractivity contribution in [3.8, 4) is 11.5 Å². The van der Waals surface area contributed by atoms with E-state index in [0.717, 1.165) is 0 Å². The zero-order valence-electron chi connectivity index (χ0n) is 13.5. The van der Waals surface area contributed by atoms with E-state index in [1.807, 2.05) is 0 Å². The Bertz CT molecular complexity index is 848. The first-order valence-corrected chi connectivity index (χ1v) is 7.72. The highest BCUT2D eigenvalue weighted by Gasteiger charge is 2.10. The van der Waals surface area contributed by atoms with Crippen molar-refractivity contribution in [2.24, 2.45) is 0 Å². The number of alkyl halides is 2. The van der Waals surface area contributed by atoms with Crippen molar-refractivity contribution < 1.29 is 27.5 Å². The van der Waals surface area contributed by atoms with Gasteiger partial charge in [-0.25, -0.2) is 0 Å². The molecule has 0 aliphatic rings. The molecule has 0 spiro atoms. The number of carbonyl (C=O) groups is 1. The van der Waals surface area contributed by atoms with Crippen LogP contribution in [0.3, 0.4) is 0 Å². The Morgan fingerprint density at radius 2 is 1.81 bits per heavy atom. The molecule has 3 rings (SSSR count). The molecule has 0 aliphatic heterocycles. The lowest BCUT2D eigenvalue weighted by Gasteiger charge is -2.12. The first-order valence-electron chi connectivity index (χ1n) is 7.72. The Morgan fingerprint density at radius 3 is 2.50 bits per heavy atom. The summed E-state index contributed by atoms with van der Waals surface area (Å²) in [4.78, 5) is 11.9. The van der Waals surface area contributed by atoms with Crippen LogP contribution in [0.5, 0.6) is 11.5 Å². The van der Waals surface area contributed by atoms with E-state index in [1.165, 1.54) is 12.3 Å². The van der Waals surface area contributed by atoms with Gasteiger partial charge in [0.15, 0.2) is 5.76 Å². The largest absolute Gasteiger partial charge is 0.489 e. The third kappa shape index (κ3) is 4.60. The molecule has 7 heteroatoms. The van der Waals surface area contributed by atoms with Crippen LogP contribution >= 0.6 is 0 Å². The van der Waals surface area contributed by atoms with Crippen molar-refractivity contribution in [1.29, 1.82) is 0 Å². The maximum Gasteiger partial charge on any atom is 0.387 e. The number of carbonyl (C=O) groups excluding carboxylic acids is 1. The summed E-state index contributed by atoms with van der Waals surface area (Å²) in [6.45, 7) is -2.82. The summed E-state index contributed by atoms with van der Waals surface area (Å²) in [7, 11) is 0. The van der Waals surface area contributed by atoms with Gasteiger partial charge in [0.05, 0.1) is 6.26 Å². The molecular weight excluding hydrogens is 344 g/mol. The summed E-state index contributed by atoms with van der Waals surface area (Å²) >= 11 is 0. The number of rotatable bonds is 7. The third-order valence-corrected chi connectivity index (χ3v) is 3.44. The second-order valence-electron chi connectivity index (χ2n) is 5.23. The molecule has 0 unspecified atom stereocenters. The molecule has 1 heterocycles. The highest BCUT2D eigenvalue weighted by molar-refractivity contribution is 6.02. The highest BCUT2D eigenvalue weighted by atomic mass is 19.3. The van der Waals surface area contributed by atoms with Gasteiger partial charge in [0.1, 0.15) is 18.1 Å². The van der Waals surface area contributed by atoms with Crippen molar-refractivity contribution >= 4 is 11.6 Å². The number of anilines is 1. The average molecular weight is 359 g/mol. The van der Waals surface area contributed by atoms with Crippen LogP contribution in [0.4, 0.5) is 14.5 Å². The molecule has 134 valence electrons. The minimum absolute atomic E-state index is 0.0704. The van der Waals surface area contributed by atoms with Crippen LogP contribution in [0, 0.1) is 0 Å². The first-order chi connectivity index (χ1) is 12.6. The van der Waals surface area contributed by atoms with Gasteiger partial charge >= 0.3 is 6.61 Å². The fraction of sp³-hybridized carbons (Fsp3) is 0.105. The van der Waals surface area contributed by atoms with E-state index in [2.05, 4.69) is 10.1 Å². The molecule has 0 radical (unpaired) electrons. The lowest BCUT2D eigenvalue weighted by Crippen LogP contribution is -2.10. The minimum Gasteiger partial charge on any atom is -0.489 e. The Hall–Kier alpha value is -3.35. The first kappa shape index (κ1) is 17.5. The van der Waals surface area contributed by atoms with Crippen molar-refractivity contribution in [2.45, 2.75) is 13.2 Å². The topological polar surface area (TPSA) is 60.7 Å². The Balaban J connectivity index is 1.59. The maximum absolute atomic E-state index is 12.4. The van der Waals surface area contributed by atoms with Gasteiger partial charge in [-0.3, -0.25) is 4.79 Å². The van der Waals surface area contributed by atoms with E-state index in [-0.39, 0.29) is 24.0 Å². The number of para-hydroxylation sites is 1. The smallest absolute Gasteiger partial charge is 0.387 e. The fourth-order valence-electron chi connectivity index (χ4n) is 2.23. The number of nitrogens with one attached hydrogen (secondary N) is 1. The van der Waals surface area contributed by atoms with Gasteiger partial charge in [0.2, 0.25) is 0 Å². The summed E-state index contributed by atoms with van der Waals surface area (Å²) in [5, 5.41) is 2.68. The molecule has 1 aromatic heterocycles. The number of ether oxygens (including phenoxy) is 2. The Labute approximate surface area is 148 Å². The normalized spacial score (nSPS) is 10.6. The number of furan rings is 1. The summed E-state index contributed by atoms with van der Waals surface area (Å²) in [5.74, 6) is 0.445. The zero-order chi connectivity index (χ0) is 18.4. The van der Waals surface area contributed by atoms with Gasteiger partial charge in [-0.15, -0.1) is 0 Å². The number of hydrogen-bond acceptors (Lipinski definition) is 4. The third-order valence-electron chi connectivity index (χ3n) is 3.44. The molecule has 0 fully saturated rings. The zero-order valence-corrected chi connectivity index (χ0v) is 13.5. The van der Waals surface area contributed by atoms with Crippen molar-refractivity contribution in [1.82, 2.24) is 0 Å². The van der Waals surface area contributed by atoms with Crippen LogP contribution in [0.25, 0.3) is 0 Å². The Kier molecular flexibility index (Phi) is 5.48. The second kappa shape index (κ2) is 8.15. The molecule has 26 heavy (non-hydrogen) atoms. The van der Waals surface area contributed by atoms with Gasteiger partial charge < -0.3 is 19.2 Å². The summed E-state index contributed by atoms with van der Waals surface area (Å²) in [6.07, 6.45) is 1.42. The van der Waals surface area contributed by atoms with Gasteiger partial charge in [-0.2, -0.15) is 8.78 Å². The van der Waals surface area contributed by atoms with Crippen LogP contribution in [-0.4, -0.2) is 12.5 Å².